The van der Waals surface area contributed by atoms with Gasteiger partial charge in [-0.05, 0) is 26.8 Å². The van der Waals surface area contributed by atoms with Gasteiger partial charge in [-0.3, -0.25) is 4.57 Å². The number of anilines is 1. The molecule has 1 aliphatic rings. The molecule has 0 saturated carbocycles. The first-order chi connectivity index (χ1) is 10.2. The van der Waals surface area contributed by atoms with Crippen molar-refractivity contribution in [3.8, 4) is 11.8 Å². The number of aliphatic hydroxyl groups is 2. The third-order valence-electron chi connectivity index (χ3n) is 3.71. The van der Waals surface area contributed by atoms with Gasteiger partial charge in [-0.15, -0.1) is 5.92 Å². The Morgan fingerprint density at radius 3 is 2.73 bits per heavy atom. The van der Waals surface area contributed by atoms with Crippen LogP contribution >= 0.6 is 0 Å². The van der Waals surface area contributed by atoms with Gasteiger partial charge in [0.25, 0.3) is 0 Å². The third kappa shape index (κ3) is 2.48. The number of aromatic nitrogens is 2. The van der Waals surface area contributed by atoms with E-state index in [0.717, 1.165) is 0 Å². The highest BCUT2D eigenvalue weighted by Crippen LogP contribution is 2.37. The van der Waals surface area contributed by atoms with Crippen LogP contribution in [0.1, 0.15) is 25.8 Å². The number of aliphatic hydroxyl groups excluding tert-OH is 2. The van der Waals surface area contributed by atoms with Gasteiger partial charge in [0.15, 0.2) is 11.8 Å². The molecule has 0 aliphatic carbocycles. The number of rotatable bonds is 2. The van der Waals surface area contributed by atoms with Gasteiger partial charge in [0.1, 0.15) is 18.0 Å². The Kier molecular flexibility index (Phi) is 4.26. The van der Waals surface area contributed by atoms with E-state index in [-0.39, 0.29) is 5.82 Å². The van der Waals surface area contributed by atoms with Crippen molar-refractivity contribution in [2.75, 3.05) is 5.73 Å². The number of ether oxygens (including phenoxy) is 1. The van der Waals surface area contributed by atoms with Crippen LogP contribution < -0.4 is 17.2 Å². The fourth-order valence-corrected chi connectivity index (χ4v) is 2.67. The highest BCUT2D eigenvalue weighted by Gasteiger charge is 2.56. The first kappa shape index (κ1) is 16.5. The van der Waals surface area contributed by atoms with Crippen LogP contribution in [0.25, 0.3) is 0 Å². The molecule has 1 saturated heterocycles. The van der Waals surface area contributed by atoms with Crippen molar-refractivity contribution in [1.29, 1.82) is 0 Å². The van der Waals surface area contributed by atoms with Gasteiger partial charge < -0.3 is 26.4 Å². The zero-order chi connectivity index (χ0) is 16.7. The average molecular weight is 308 g/mol. The smallest absolute Gasteiger partial charge is 0.351 e. The van der Waals surface area contributed by atoms with E-state index < -0.39 is 35.8 Å². The molecule has 0 bridgehead atoms. The molecule has 8 nitrogen and oxygen atoms in total. The fraction of sp³-hybridized carbons (Fsp3) is 0.571. The number of nitrogen functional groups attached to an aromatic ring is 1. The first-order valence-corrected chi connectivity index (χ1v) is 6.82. The topological polar surface area (TPSA) is 137 Å². The molecular weight excluding hydrogens is 288 g/mol. The van der Waals surface area contributed by atoms with E-state index in [0.29, 0.717) is 5.69 Å². The van der Waals surface area contributed by atoms with Gasteiger partial charge in [-0.25, -0.2) is 4.79 Å². The van der Waals surface area contributed by atoms with Crippen molar-refractivity contribution in [2.45, 2.75) is 50.8 Å². The quantitative estimate of drug-likeness (QED) is 0.488. The summed E-state index contributed by atoms with van der Waals surface area (Å²) >= 11 is 0. The predicted molar refractivity (Wildman–Crippen MR) is 79.6 cm³/mol. The molecule has 0 radical (unpaired) electrons. The van der Waals surface area contributed by atoms with Crippen LogP contribution in [0.15, 0.2) is 10.9 Å². The summed E-state index contributed by atoms with van der Waals surface area (Å²) in [5.41, 5.74) is 10.0. The molecule has 0 amide bonds. The summed E-state index contributed by atoms with van der Waals surface area (Å²) < 4.78 is 6.83. The molecule has 22 heavy (non-hydrogen) atoms. The van der Waals surface area contributed by atoms with E-state index in [2.05, 4.69) is 16.8 Å². The minimum atomic E-state index is -1.55. The van der Waals surface area contributed by atoms with Crippen molar-refractivity contribution < 1.29 is 14.9 Å². The third-order valence-corrected chi connectivity index (χ3v) is 3.71. The summed E-state index contributed by atoms with van der Waals surface area (Å²) in [4.78, 5) is 15.8. The lowest BCUT2D eigenvalue weighted by Gasteiger charge is -2.29. The molecule has 1 unspecified atom stereocenters. The predicted octanol–water partition coefficient (Wildman–Crippen LogP) is -1.51. The molecule has 1 aliphatic heterocycles. The largest absolute Gasteiger partial charge is 0.391 e. The molecule has 0 aromatic carbocycles. The van der Waals surface area contributed by atoms with Crippen molar-refractivity contribution in [2.24, 2.45) is 5.73 Å². The molecule has 6 N–H and O–H groups in total. The van der Waals surface area contributed by atoms with E-state index >= 15 is 0 Å². The van der Waals surface area contributed by atoms with Crippen LogP contribution in [-0.4, -0.2) is 43.6 Å². The van der Waals surface area contributed by atoms with Crippen LogP contribution in [0.4, 0.5) is 5.82 Å². The normalized spacial score (nSPS) is 32.4. The lowest BCUT2D eigenvalue weighted by Crippen LogP contribution is -2.55. The van der Waals surface area contributed by atoms with E-state index in [1.54, 1.807) is 13.8 Å². The maximum atomic E-state index is 12.2. The number of nitrogens with zero attached hydrogens (tertiary/aromatic N) is 2. The van der Waals surface area contributed by atoms with E-state index in [1.807, 2.05) is 0 Å². The van der Waals surface area contributed by atoms with Crippen LogP contribution in [-0.2, 0) is 4.74 Å². The van der Waals surface area contributed by atoms with E-state index in [9.17, 15) is 15.0 Å². The summed E-state index contributed by atoms with van der Waals surface area (Å²) in [5.74, 6) is 5.41. The number of hydrogen-bond donors (Lipinski definition) is 4. The van der Waals surface area contributed by atoms with Crippen LogP contribution in [0.3, 0.4) is 0 Å². The average Bonchev–Trinajstić information content (AvgIpc) is 2.63. The van der Waals surface area contributed by atoms with Gasteiger partial charge in [-0.1, -0.05) is 5.92 Å². The summed E-state index contributed by atoms with van der Waals surface area (Å²) in [5, 5.41) is 20.2. The molecule has 1 aromatic rings. The molecule has 0 spiro atoms. The Balaban J connectivity index is 2.62. The van der Waals surface area contributed by atoms with E-state index in [4.69, 9.17) is 16.2 Å². The monoisotopic (exact) mass is 308 g/mol. The summed E-state index contributed by atoms with van der Waals surface area (Å²) in [6.07, 6.45) is -4.32. The molecule has 1 aromatic heterocycles. The standard InChI is InChI=1S/C14H20N4O4/c1-4-5-14(16)11(20)10(8(3)19)22-12(14)18-7(2)6-9(15)17-13(18)21/h6,8,10-12,19-20H,16H2,1-3H3,(H2,15,17,21)/t8-,10+,11-,12+,14?/m0/s1. The summed E-state index contributed by atoms with van der Waals surface area (Å²) in [6.45, 7) is 4.67. The molecule has 2 rings (SSSR count). The van der Waals surface area contributed by atoms with Crippen molar-refractivity contribution in [3.63, 3.8) is 0 Å². The zero-order valence-electron chi connectivity index (χ0n) is 12.6. The van der Waals surface area contributed by atoms with Crippen LogP contribution in [0, 0.1) is 18.8 Å². The van der Waals surface area contributed by atoms with Gasteiger partial charge >= 0.3 is 5.69 Å². The second kappa shape index (κ2) is 5.70. The van der Waals surface area contributed by atoms with Crippen molar-refractivity contribution in [1.82, 2.24) is 9.55 Å². The van der Waals surface area contributed by atoms with Gasteiger partial charge in [0.2, 0.25) is 0 Å². The second-order valence-corrected chi connectivity index (χ2v) is 5.42. The number of nitrogens with two attached hydrogens (primary N) is 2. The maximum Gasteiger partial charge on any atom is 0.351 e. The van der Waals surface area contributed by atoms with Gasteiger partial charge in [0.05, 0.1) is 6.10 Å². The second-order valence-electron chi connectivity index (χ2n) is 5.42. The highest BCUT2D eigenvalue weighted by atomic mass is 16.5. The maximum absolute atomic E-state index is 12.2. The molecular formula is C14H20N4O4. The molecule has 5 atom stereocenters. The Morgan fingerprint density at radius 1 is 1.59 bits per heavy atom. The zero-order valence-corrected chi connectivity index (χ0v) is 12.6. The molecule has 8 heteroatoms. The lowest BCUT2D eigenvalue weighted by atomic mass is 9.90. The lowest BCUT2D eigenvalue weighted by molar-refractivity contribution is -0.0783. The minimum absolute atomic E-state index is 0.0774. The molecule has 2 heterocycles. The van der Waals surface area contributed by atoms with Crippen molar-refractivity contribution in [3.05, 3.63) is 22.2 Å². The molecule has 120 valence electrons. The van der Waals surface area contributed by atoms with E-state index in [1.165, 1.54) is 17.6 Å². The SMILES string of the molecule is CC#CC1(N)[C@@H](O)[C@@H]([C@H](C)O)O[C@H]1n1c(C)cc(N)nc1=O. The Labute approximate surface area is 127 Å². The van der Waals surface area contributed by atoms with Crippen molar-refractivity contribution >= 4 is 5.82 Å². The van der Waals surface area contributed by atoms with Gasteiger partial charge in [0, 0.05) is 5.69 Å². The Hall–Kier alpha value is -1.92. The highest BCUT2D eigenvalue weighted by molar-refractivity contribution is 5.31. The fourth-order valence-electron chi connectivity index (χ4n) is 2.67. The first-order valence-electron chi connectivity index (χ1n) is 6.82. The minimum Gasteiger partial charge on any atom is -0.391 e. The summed E-state index contributed by atoms with van der Waals surface area (Å²) in [7, 11) is 0. The number of aryl methyl sites for hydroxylation is 1. The molecule has 1 fully saturated rings. The van der Waals surface area contributed by atoms with Gasteiger partial charge in [-0.2, -0.15) is 4.98 Å². The summed E-state index contributed by atoms with van der Waals surface area (Å²) in [6, 6.07) is 1.49. The number of hydrogen-bond acceptors (Lipinski definition) is 7. The Bertz CT molecular complexity index is 690. The van der Waals surface area contributed by atoms with Crippen LogP contribution in [0.2, 0.25) is 0 Å². The van der Waals surface area contributed by atoms with Crippen LogP contribution in [0.5, 0.6) is 0 Å². The Morgan fingerprint density at radius 2 is 2.23 bits per heavy atom.